The highest BCUT2D eigenvalue weighted by Crippen LogP contribution is 2.33. The third-order valence-electron chi connectivity index (χ3n) is 5.33. The van der Waals surface area contributed by atoms with Gasteiger partial charge in [-0.3, -0.25) is 9.69 Å². The number of amides is 1. The van der Waals surface area contributed by atoms with Crippen LogP contribution in [0.3, 0.4) is 0 Å². The first-order chi connectivity index (χ1) is 12.8. The lowest BCUT2D eigenvalue weighted by Gasteiger charge is -2.30. The average Bonchev–Trinajstić information content (AvgIpc) is 3.07. The zero-order chi connectivity index (χ0) is 19.6. The van der Waals surface area contributed by atoms with Crippen molar-refractivity contribution >= 4 is 15.7 Å². The maximum atomic E-state index is 12.7. The molecule has 1 saturated heterocycles. The molecule has 1 aromatic rings. The Bertz CT molecular complexity index is 809. The molecule has 150 valence electrons. The number of rotatable bonds is 6. The van der Waals surface area contributed by atoms with E-state index in [4.69, 9.17) is 9.47 Å². The smallest absolute Gasteiger partial charge is 0.236 e. The van der Waals surface area contributed by atoms with Gasteiger partial charge in [0.05, 0.1) is 26.5 Å². The van der Waals surface area contributed by atoms with E-state index in [0.717, 1.165) is 30.7 Å². The zero-order valence-corrected chi connectivity index (χ0v) is 17.0. The number of likely N-dealkylation sites (tertiary alicyclic amines) is 1. The number of hydrogen-bond donors (Lipinski definition) is 0. The Balaban J connectivity index is 1.59. The number of nitrogens with zero attached hydrogens (tertiary/aromatic N) is 2. The molecular weight excluding hydrogens is 368 g/mol. The lowest BCUT2D eigenvalue weighted by molar-refractivity contribution is -0.131. The highest BCUT2D eigenvalue weighted by atomic mass is 32.2. The summed E-state index contributed by atoms with van der Waals surface area (Å²) in [5, 5.41) is 0. The van der Waals surface area contributed by atoms with E-state index in [9.17, 15) is 13.2 Å². The van der Waals surface area contributed by atoms with Crippen molar-refractivity contribution in [2.75, 3.05) is 52.4 Å². The van der Waals surface area contributed by atoms with E-state index in [2.05, 4.69) is 4.90 Å². The summed E-state index contributed by atoms with van der Waals surface area (Å²) in [5.74, 6) is 1.73. The van der Waals surface area contributed by atoms with Crippen molar-refractivity contribution in [2.24, 2.45) is 5.92 Å². The van der Waals surface area contributed by atoms with Crippen molar-refractivity contribution in [1.82, 2.24) is 9.80 Å². The molecule has 1 fully saturated rings. The first-order valence-electron chi connectivity index (χ1n) is 9.20. The van der Waals surface area contributed by atoms with Crippen molar-refractivity contribution < 1.29 is 22.7 Å². The number of ether oxygens (including phenoxy) is 2. The number of carbonyl (C=O) groups excluding carboxylic acids is 1. The van der Waals surface area contributed by atoms with Gasteiger partial charge in [-0.2, -0.15) is 0 Å². The van der Waals surface area contributed by atoms with E-state index < -0.39 is 9.84 Å². The normalized spacial score (nSPS) is 20.4. The molecule has 2 heterocycles. The van der Waals surface area contributed by atoms with Crippen molar-refractivity contribution in [1.29, 1.82) is 0 Å². The predicted molar refractivity (Wildman–Crippen MR) is 103 cm³/mol. The maximum Gasteiger partial charge on any atom is 0.236 e. The van der Waals surface area contributed by atoms with Gasteiger partial charge in [0.1, 0.15) is 9.84 Å². The van der Waals surface area contributed by atoms with Crippen LogP contribution in [0.2, 0.25) is 0 Å². The molecule has 2 aliphatic heterocycles. The Kier molecular flexibility index (Phi) is 5.95. The summed E-state index contributed by atoms with van der Waals surface area (Å²) in [6, 6.07) is 4.01. The molecular formula is C19H28N2O5S. The van der Waals surface area contributed by atoms with Crippen LogP contribution in [0.1, 0.15) is 17.5 Å². The van der Waals surface area contributed by atoms with E-state index in [1.807, 2.05) is 12.1 Å². The molecule has 0 aromatic heterocycles. The van der Waals surface area contributed by atoms with Gasteiger partial charge in [-0.15, -0.1) is 0 Å². The number of carbonyl (C=O) groups is 1. The molecule has 1 amide bonds. The van der Waals surface area contributed by atoms with E-state index in [1.54, 1.807) is 19.1 Å². The Morgan fingerprint density at radius 1 is 1.15 bits per heavy atom. The standard InChI is InChI=1S/C19H28N2O5S/c1-25-17-8-15-5-6-20(11-16(15)9-18(17)26-2)12-19(22)21-7-4-14(10-21)13-27(3,23)24/h8-9,14H,4-7,10-13H2,1-3H3. The summed E-state index contributed by atoms with van der Waals surface area (Å²) in [6.07, 6.45) is 2.88. The molecule has 0 N–H and O–H groups in total. The lowest BCUT2D eigenvalue weighted by Crippen LogP contribution is -2.41. The summed E-state index contributed by atoms with van der Waals surface area (Å²) in [6.45, 7) is 3.06. The second kappa shape index (κ2) is 8.06. The number of methoxy groups -OCH3 is 2. The minimum absolute atomic E-state index is 0.0581. The zero-order valence-electron chi connectivity index (χ0n) is 16.2. The Hall–Kier alpha value is -1.80. The molecule has 3 rings (SSSR count). The van der Waals surface area contributed by atoms with Gasteiger partial charge in [0.2, 0.25) is 5.91 Å². The summed E-state index contributed by atoms with van der Waals surface area (Å²) in [5.41, 5.74) is 2.38. The number of sulfone groups is 1. The van der Waals surface area contributed by atoms with Gasteiger partial charge in [0, 0.05) is 32.4 Å². The van der Waals surface area contributed by atoms with Crippen LogP contribution in [0.5, 0.6) is 11.5 Å². The second-order valence-corrected chi connectivity index (χ2v) is 9.71. The second-order valence-electron chi connectivity index (χ2n) is 7.52. The fraction of sp³-hybridized carbons (Fsp3) is 0.632. The monoisotopic (exact) mass is 396 g/mol. The van der Waals surface area contributed by atoms with Gasteiger partial charge in [0.25, 0.3) is 0 Å². The molecule has 1 aromatic carbocycles. The molecule has 0 aliphatic carbocycles. The minimum atomic E-state index is -3.00. The van der Waals surface area contributed by atoms with E-state index in [1.165, 1.54) is 11.8 Å². The largest absolute Gasteiger partial charge is 0.493 e. The minimum Gasteiger partial charge on any atom is -0.493 e. The SMILES string of the molecule is COc1cc2c(cc1OC)CN(CC(=O)N1CCC(CS(C)(=O)=O)C1)CC2. The average molecular weight is 397 g/mol. The van der Waals surface area contributed by atoms with Crippen molar-refractivity contribution in [3.05, 3.63) is 23.3 Å². The van der Waals surface area contributed by atoms with Crippen molar-refractivity contribution in [3.8, 4) is 11.5 Å². The predicted octanol–water partition coefficient (Wildman–Crippen LogP) is 0.955. The van der Waals surface area contributed by atoms with Crippen LogP contribution in [-0.2, 0) is 27.6 Å². The fourth-order valence-corrected chi connectivity index (χ4v) is 5.12. The van der Waals surface area contributed by atoms with Crippen LogP contribution in [0.15, 0.2) is 12.1 Å². The van der Waals surface area contributed by atoms with Crippen molar-refractivity contribution in [3.63, 3.8) is 0 Å². The fourth-order valence-electron chi connectivity index (χ4n) is 3.99. The van der Waals surface area contributed by atoms with Crippen LogP contribution in [0.4, 0.5) is 0 Å². The van der Waals surface area contributed by atoms with Crippen LogP contribution in [0, 0.1) is 5.92 Å². The molecule has 2 aliphatic rings. The highest BCUT2D eigenvalue weighted by Gasteiger charge is 2.30. The Morgan fingerprint density at radius 2 is 1.81 bits per heavy atom. The molecule has 27 heavy (non-hydrogen) atoms. The quantitative estimate of drug-likeness (QED) is 0.713. The molecule has 0 spiro atoms. The van der Waals surface area contributed by atoms with E-state index in [0.29, 0.717) is 31.9 Å². The molecule has 1 atom stereocenters. The van der Waals surface area contributed by atoms with Crippen LogP contribution in [-0.4, -0.2) is 76.5 Å². The van der Waals surface area contributed by atoms with Crippen molar-refractivity contribution in [2.45, 2.75) is 19.4 Å². The first kappa shape index (κ1) is 19.9. The van der Waals surface area contributed by atoms with E-state index >= 15 is 0 Å². The Labute approximate surface area is 161 Å². The number of fused-ring (bicyclic) bond motifs is 1. The molecule has 0 saturated carbocycles. The topological polar surface area (TPSA) is 76.2 Å². The summed E-state index contributed by atoms with van der Waals surface area (Å²) < 4.78 is 33.7. The summed E-state index contributed by atoms with van der Waals surface area (Å²) in [4.78, 5) is 16.6. The third-order valence-corrected chi connectivity index (χ3v) is 6.41. The number of benzene rings is 1. The molecule has 7 nitrogen and oxygen atoms in total. The van der Waals surface area contributed by atoms with E-state index in [-0.39, 0.29) is 17.6 Å². The molecule has 1 unspecified atom stereocenters. The molecule has 8 heteroatoms. The van der Waals surface area contributed by atoms with Gasteiger partial charge in [-0.1, -0.05) is 0 Å². The summed E-state index contributed by atoms with van der Waals surface area (Å²) in [7, 11) is 0.250. The lowest BCUT2D eigenvalue weighted by atomic mass is 9.99. The molecule has 0 radical (unpaired) electrons. The van der Waals surface area contributed by atoms with Gasteiger partial charge < -0.3 is 14.4 Å². The van der Waals surface area contributed by atoms with Gasteiger partial charge in [-0.25, -0.2) is 8.42 Å². The summed E-state index contributed by atoms with van der Waals surface area (Å²) >= 11 is 0. The van der Waals surface area contributed by atoms with Gasteiger partial charge in [-0.05, 0) is 42.0 Å². The first-order valence-corrected chi connectivity index (χ1v) is 11.3. The molecule has 0 bridgehead atoms. The van der Waals surface area contributed by atoms with Crippen LogP contribution >= 0.6 is 0 Å². The number of hydrogen-bond acceptors (Lipinski definition) is 6. The van der Waals surface area contributed by atoms with Crippen LogP contribution in [0.25, 0.3) is 0 Å². The third kappa shape index (κ3) is 4.93. The van der Waals surface area contributed by atoms with Gasteiger partial charge in [0.15, 0.2) is 11.5 Å². The Morgan fingerprint density at radius 3 is 2.44 bits per heavy atom. The maximum absolute atomic E-state index is 12.7. The van der Waals surface area contributed by atoms with Gasteiger partial charge >= 0.3 is 0 Å². The van der Waals surface area contributed by atoms with Crippen LogP contribution < -0.4 is 9.47 Å². The highest BCUT2D eigenvalue weighted by molar-refractivity contribution is 7.90.